The van der Waals surface area contributed by atoms with Crippen molar-refractivity contribution in [2.24, 2.45) is 17.8 Å². The number of nitrogens with zero attached hydrogens (tertiary/aromatic N) is 1. The summed E-state index contributed by atoms with van der Waals surface area (Å²) in [6.07, 6.45) is 4.06. The van der Waals surface area contributed by atoms with E-state index in [1.54, 1.807) is 0 Å². The predicted octanol–water partition coefficient (Wildman–Crippen LogP) is 4.69. The third-order valence-corrected chi connectivity index (χ3v) is 6.00. The molecule has 4 heteroatoms. The highest BCUT2D eigenvalue weighted by molar-refractivity contribution is 5.49. The summed E-state index contributed by atoms with van der Waals surface area (Å²) in [5.74, 6) is 3.96. The van der Waals surface area contributed by atoms with Crippen molar-refractivity contribution >= 4 is 0 Å². The number of para-hydroxylation sites is 2. The molecule has 2 aliphatic carbocycles. The Kier molecular flexibility index (Phi) is 3.83. The van der Waals surface area contributed by atoms with Crippen LogP contribution in [0.1, 0.15) is 24.8 Å². The molecule has 0 N–H and O–H groups in total. The number of hydrogen-bond donors (Lipinski definition) is 0. The summed E-state index contributed by atoms with van der Waals surface area (Å²) in [6, 6.07) is 17.6. The van der Waals surface area contributed by atoms with Crippen molar-refractivity contribution in [1.29, 1.82) is 5.26 Å². The Labute approximate surface area is 153 Å². The van der Waals surface area contributed by atoms with Crippen molar-refractivity contribution < 1.29 is 14.2 Å². The van der Waals surface area contributed by atoms with E-state index < -0.39 is 0 Å². The van der Waals surface area contributed by atoms with Gasteiger partial charge >= 0.3 is 0 Å². The number of nitriles is 1. The summed E-state index contributed by atoms with van der Waals surface area (Å²) in [6.45, 7) is 0. The normalized spacial score (nSPS) is 31.0. The van der Waals surface area contributed by atoms with Crippen LogP contribution in [-0.2, 0) is 11.2 Å². The predicted molar refractivity (Wildman–Crippen MR) is 95.9 cm³/mol. The Morgan fingerprint density at radius 2 is 1.85 bits per heavy atom. The fourth-order valence-electron chi connectivity index (χ4n) is 4.93. The van der Waals surface area contributed by atoms with E-state index in [0.717, 1.165) is 17.2 Å². The molecule has 4 nitrogen and oxygen atoms in total. The van der Waals surface area contributed by atoms with Crippen molar-refractivity contribution in [3.8, 4) is 23.3 Å². The first-order valence-electron chi connectivity index (χ1n) is 9.35. The number of rotatable bonds is 5. The third kappa shape index (κ3) is 2.64. The lowest BCUT2D eigenvalue weighted by molar-refractivity contribution is -0.0839. The number of hydrogen-bond acceptors (Lipinski definition) is 4. The van der Waals surface area contributed by atoms with Gasteiger partial charge in [0.25, 0.3) is 0 Å². The van der Waals surface area contributed by atoms with E-state index in [1.165, 1.54) is 19.3 Å². The van der Waals surface area contributed by atoms with E-state index in [1.807, 2.05) is 48.5 Å². The van der Waals surface area contributed by atoms with Crippen LogP contribution in [0.4, 0.5) is 0 Å². The summed E-state index contributed by atoms with van der Waals surface area (Å²) in [7, 11) is 0. The molecule has 1 aliphatic heterocycles. The Morgan fingerprint density at radius 1 is 1.00 bits per heavy atom. The highest BCUT2D eigenvalue weighted by Crippen LogP contribution is 2.56. The van der Waals surface area contributed by atoms with Crippen molar-refractivity contribution in [3.05, 3.63) is 54.1 Å². The lowest BCUT2D eigenvalue weighted by Gasteiger charge is -2.22. The lowest BCUT2D eigenvalue weighted by atomic mass is 9.89. The van der Waals surface area contributed by atoms with Gasteiger partial charge in [0.05, 0.1) is 18.6 Å². The summed E-state index contributed by atoms with van der Waals surface area (Å²) in [5, 5.41) is 9.21. The van der Waals surface area contributed by atoms with Gasteiger partial charge in [-0.2, -0.15) is 5.26 Å². The van der Waals surface area contributed by atoms with E-state index in [-0.39, 0.29) is 12.7 Å². The second-order valence-corrected chi connectivity index (χ2v) is 7.56. The summed E-state index contributed by atoms with van der Waals surface area (Å²) in [5.41, 5.74) is 0.846. The van der Waals surface area contributed by atoms with Gasteiger partial charge in [-0.3, -0.25) is 0 Å². The molecule has 2 bridgehead atoms. The van der Waals surface area contributed by atoms with Crippen molar-refractivity contribution in [3.63, 3.8) is 0 Å². The first kappa shape index (κ1) is 15.7. The molecular formula is C22H21NO3. The largest absolute Gasteiger partial charge is 0.460 e. The maximum atomic E-state index is 9.21. The first-order chi connectivity index (χ1) is 12.8. The van der Waals surface area contributed by atoms with Gasteiger partial charge in [-0.05, 0) is 49.3 Å². The lowest BCUT2D eigenvalue weighted by Crippen LogP contribution is -2.24. The van der Waals surface area contributed by atoms with Crippen LogP contribution in [-0.4, -0.2) is 12.4 Å². The molecule has 0 radical (unpaired) electrons. The van der Waals surface area contributed by atoms with Gasteiger partial charge in [0.2, 0.25) is 6.29 Å². The average molecular weight is 347 g/mol. The van der Waals surface area contributed by atoms with E-state index in [9.17, 15) is 5.26 Å². The van der Waals surface area contributed by atoms with Gasteiger partial charge in [-0.15, -0.1) is 0 Å². The van der Waals surface area contributed by atoms with Crippen LogP contribution in [0.15, 0.2) is 48.5 Å². The highest BCUT2D eigenvalue weighted by Gasteiger charge is 2.57. The van der Waals surface area contributed by atoms with Crippen LogP contribution in [0.3, 0.4) is 0 Å². The van der Waals surface area contributed by atoms with Crippen LogP contribution < -0.4 is 9.47 Å². The minimum Gasteiger partial charge on any atom is -0.460 e. The van der Waals surface area contributed by atoms with Gasteiger partial charge in [0, 0.05) is 11.5 Å². The molecule has 0 amide bonds. The smallest absolute Gasteiger partial charge is 0.203 e. The van der Waals surface area contributed by atoms with Crippen molar-refractivity contribution in [2.45, 2.75) is 38.1 Å². The van der Waals surface area contributed by atoms with Crippen LogP contribution >= 0.6 is 0 Å². The monoisotopic (exact) mass is 347 g/mol. The Morgan fingerprint density at radius 3 is 2.62 bits per heavy atom. The molecular weight excluding hydrogens is 326 g/mol. The number of ether oxygens (including phenoxy) is 3. The van der Waals surface area contributed by atoms with Gasteiger partial charge in [0.15, 0.2) is 11.5 Å². The molecule has 3 fully saturated rings. The molecule has 0 unspecified atom stereocenters. The molecule has 0 spiro atoms. The second kappa shape index (κ2) is 6.34. The molecule has 26 heavy (non-hydrogen) atoms. The minimum atomic E-state index is -0.226. The molecule has 1 saturated heterocycles. The van der Waals surface area contributed by atoms with Gasteiger partial charge in [-0.1, -0.05) is 30.3 Å². The quantitative estimate of drug-likeness (QED) is 0.787. The standard InChI is InChI=1S/C22H21NO3/c23-10-9-15-5-4-8-19(24-16-6-2-1-3-7-16)21(15)26-22-18-12-14-11-17(18)20(13-14)25-22/h1-8,14,17-18,20,22H,9,11-13H2/t14-,17+,18+,20+,22+/m0/s1. The third-order valence-electron chi connectivity index (χ3n) is 6.00. The van der Waals surface area contributed by atoms with E-state index >= 15 is 0 Å². The zero-order valence-electron chi connectivity index (χ0n) is 14.5. The van der Waals surface area contributed by atoms with Gasteiger partial charge in [-0.25, -0.2) is 0 Å². The molecule has 5 atom stereocenters. The fourth-order valence-corrected chi connectivity index (χ4v) is 4.93. The van der Waals surface area contributed by atoms with Crippen LogP contribution in [0, 0.1) is 29.1 Å². The molecule has 5 rings (SSSR count). The molecule has 132 valence electrons. The topological polar surface area (TPSA) is 51.5 Å². The fraction of sp³-hybridized carbons (Fsp3) is 0.409. The number of fused-ring (bicyclic) bond motifs is 1. The zero-order valence-corrected chi connectivity index (χ0v) is 14.5. The Bertz CT molecular complexity index is 842. The first-order valence-corrected chi connectivity index (χ1v) is 9.35. The molecule has 2 aromatic rings. The van der Waals surface area contributed by atoms with Crippen LogP contribution in [0.5, 0.6) is 17.2 Å². The van der Waals surface area contributed by atoms with E-state index in [2.05, 4.69) is 6.07 Å². The van der Waals surface area contributed by atoms with Crippen LogP contribution in [0.25, 0.3) is 0 Å². The Balaban J connectivity index is 1.45. The molecule has 2 saturated carbocycles. The van der Waals surface area contributed by atoms with E-state index in [0.29, 0.717) is 29.4 Å². The highest BCUT2D eigenvalue weighted by atomic mass is 16.7. The summed E-state index contributed by atoms with van der Waals surface area (Å²) < 4.78 is 18.7. The molecule has 3 aliphatic rings. The molecule has 0 aromatic heterocycles. The van der Waals surface area contributed by atoms with E-state index in [4.69, 9.17) is 14.2 Å². The maximum Gasteiger partial charge on any atom is 0.203 e. The maximum absolute atomic E-state index is 9.21. The zero-order chi connectivity index (χ0) is 17.5. The second-order valence-electron chi connectivity index (χ2n) is 7.56. The Hall–Kier alpha value is -2.51. The van der Waals surface area contributed by atoms with Crippen molar-refractivity contribution in [1.82, 2.24) is 0 Å². The average Bonchev–Trinajstić information content (AvgIpc) is 3.28. The SMILES string of the molecule is N#CCc1cccc(Oc2ccccc2)c1O[C@H]1O[C@@H]2C[C@H]3C[C@@H]2[C@H]1C3. The van der Waals surface area contributed by atoms with Crippen LogP contribution in [0.2, 0.25) is 0 Å². The van der Waals surface area contributed by atoms with Gasteiger partial charge < -0.3 is 14.2 Å². The summed E-state index contributed by atoms with van der Waals surface area (Å²) in [4.78, 5) is 0. The molecule has 2 aromatic carbocycles. The summed E-state index contributed by atoms with van der Waals surface area (Å²) >= 11 is 0. The van der Waals surface area contributed by atoms with Crippen molar-refractivity contribution in [2.75, 3.05) is 0 Å². The number of benzene rings is 2. The van der Waals surface area contributed by atoms with Gasteiger partial charge in [0.1, 0.15) is 5.75 Å². The minimum absolute atomic E-state index is 0.226. The molecule has 1 heterocycles.